The van der Waals surface area contributed by atoms with Crippen molar-refractivity contribution in [3.63, 3.8) is 0 Å². The molecule has 7 heteroatoms. The monoisotopic (exact) mass is 338 g/mol. The summed E-state index contributed by atoms with van der Waals surface area (Å²) in [5, 5.41) is 9.69. The number of benzene rings is 2. The molecule has 1 heterocycles. The Morgan fingerprint density at radius 3 is 2.84 bits per heavy atom. The van der Waals surface area contributed by atoms with E-state index in [4.69, 9.17) is 20.7 Å². The van der Waals surface area contributed by atoms with E-state index in [1.165, 1.54) is 0 Å². The summed E-state index contributed by atoms with van der Waals surface area (Å²) in [5.74, 6) is 1.71. The SMILES string of the molecule is [C-]#[N+]c1ccc(Oc2ccc3c(c2)COB3O)c(OCCN(C)C)c1. The summed E-state index contributed by atoms with van der Waals surface area (Å²) in [6, 6.07) is 10.5. The van der Waals surface area contributed by atoms with Gasteiger partial charge in [-0.15, -0.1) is 0 Å². The van der Waals surface area contributed by atoms with Crippen molar-refractivity contribution < 1.29 is 19.2 Å². The topological polar surface area (TPSA) is 55.5 Å². The summed E-state index contributed by atoms with van der Waals surface area (Å²) in [4.78, 5) is 5.46. The third-order valence-corrected chi connectivity index (χ3v) is 3.86. The van der Waals surface area contributed by atoms with Gasteiger partial charge in [-0.2, -0.15) is 0 Å². The molecular weight excluding hydrogens is 319 g/mol. The van der Waals surface area contributed by atoms with Gasteiger partial charge in [0.2, 0.25) is 0 Å². The number of rotatable bonds is 6. The second-order valence-electron chi connectivity index (χ2n) is 6.02. The van der Waals surface area contributed by atoms with Gasteiger partial charge in [-0.3, -0.25) is 0 Å². The van der Waals surface area contributed by atoms with E-state index in [1.807, 2.05) is 25.1 Å². The Labute approximate surface area is 147 Å². The van der Waals surface area contributed by atoms with Crippen molar-refractivity contribution in [3.05, 3.63) is 53.4 Å². The molecule has 128 valence electrons. The Bertz CT molecular complexity index is 804. The highest BCUT2D eigenvalue weighted by atomic mass is 16.5. The third kappa shape index (κ3) is 4.12. The first-order valence-corrected chi connectivity index (χ1v) is 7.96. The van der Waals surface area contributed by atoms with Gasteiger partial charge in [0.05, 0.1) is 13.2 Å². The Balaban J connectivity index is 1.80. The minimum Gasteiger partial charge on any atom is -0.490 e. The summed E-state index contributed by atoms with van der Waals surface area (Å²) in [6.07, 6.45) is 0. The highest BCUT2D eigenvalue weighted by Gasteiger charge is 2.27. The van der Waals surface area contributed by atoms with E-state index in [-0.39, 0.29) is 0 Å². The molecule has 0 spiro atoms. The van der Waals surface area contributed by atoms with Gasteiger partial charge >= 0.3 is 7.12 Å². The van der Waals surface area contributed by atoms with Crippen molar-refractivity contribution in [2.75, 3.05) is 27.2 Å². The van der Waals surface area contributed by atoms with Gasteiger partial charge in [0.15, 0.2) is 17.2 Å². The molecule has 0 saturated heterocycles. The van der Waals surface area contributed by atoms with Crippen LogP contribution in [0, 0.1) is 6.57 Å². The van der Waals surface area contributed by atoms with Crippen LogP contribution in [0.2, 0.25) is 0 Å². The van der Waals surface area contributed by atoms with Crippen LogP contribution in [0.25, 0.3) is 4.85 Å². The standard InChI is InChI=1S/C18H19BN2O4/c1-20-14-4-7-17(18(11-14)23-9-8-21(2)3)25-15-5-6-16-13(10-15)12-24-19(16)22/h4-7,10-11,22H,8-9,12H2,2-3H3. The van der Waals surface area contributed by atoms with E-state index in [9.17, 15) is 5.02 Å². The molecule has 6 nitrogen and oxygen atoms in total. The van der Waals surface area contributed by atoms with Crippen molar-refractivity contribution in [1.29, 1.82) is 0 Å². The molecule has 0 amide bonds. The van der Waals surface area contributed by atoms with Crippen LogP contribution in [0.5, 0.6) is 17.2 Å². The lowest BCUT2D eigenvalue weighted by molar-refractivity contribution is 0.254. The van der Waals surface area contributed by atoms with Gasteiger partial charge in [0.25, 0.3) is 0 Å². The number of hydrogen-bond donors (Lipinski definition) is 1. The second kappa shape index (κ2) is 7.57. The molecule has 1 aliphatic heterocycles. The van der Waals surface area contributed by atoms with E-state index < -0.39 is 7.12 Å². The predicted molar refractivity (Wildman–Crippen MR) is 95.7 cm³/mol. The lowest BCUT2D eigenvalue weighted by atomic mass is 9.80. The quantitative estimate of drug-likeness (QED) is 0.646. The highest BCUT2D eigenvalue weighted by Crippen LogP contribution is 2.35. The van der Waals surface area contributed by atoms with Crippen LogP contribution in [0.4, 0.5) is 5.69 Å². The number of likely N-dealkylation sites (N-methyl/N-ethyl adjacent to an activating group) is 1. The fourth-order valence-electron chi connectivity index (χ4n) is 2.50. The Morgan fingerprint density at radius 1 is 1.24 bits per heavy atom. The molecular formula is C18H19BN2O4. The summed E-state index contributed by atoms with van der Waals surface area (Å²) in [7, 11) is 3.07. The van der Waals surface area contributed by atoms with Crippen molar-refractivity contribution >= 4 is 18.3 Å². The van der Waals surface area contributed by atoms with Crippen LogP contribution in [-0.4, -0.2) is 44.3 Å². The summed E-state index contributed by atoms with van der Waals surface area (Å²) >= 11 is 0. The van der Waals surface area contributed by atoms with Crippen LogP contribution < -0.4 is 14.9 Å². The van der Waals surface area contributed by atoms with Crippen molar-refractivity contribution in [2.24, 2.45) is 0 Å². The zero-order valence-electron chi connectivity index (χ0n) is 14.2. The summed E-state index contributed by atoms with van der Waals surface area (Å²) in [5.41, 5.74) is 2.16. The van der Waals surface area contributed by atoms with Gasteiger partial charge in [-0.05, 0) is 49.4 Å². The van der Waals surface area contributed by atoms with Crippen LogP contribution in [-0.2, 0) is 11.3 Å². The van der Waals surface area contributed by atoms with Crippen LogP contribution in [0.15, 0.2) is 36.4 Å². The Hall–Kier alpha value is -2.53. The molecule has 0 atom stereocenters. The van der Waals surface area contributed by atoms with Gasteiger partial charge in [-0.1, -0.05) is 12.1 Å². The van der Waals surface area contributed by atoms with E-state index in [0.29, 0.717) is 36.1 Å². The van der Waals surface area contributed by atoms with Crippen molar-refractivity contribution in [2.45, 2.75) is 6.61 Å². The molecule has 0 aromatic heterocycles. The Kier molecular flexibility index (Phi) is 5.24. The molecule has 0 radical (unpaired) electrons. The maximum absolute atomic E-state index is 9.69. The molecule has 2 aromatic rings. The van der Waals surface area contributed by atoms with Gasteiger partial charge < -0.3 is 24.1 Å². The van der Waals surface area contributed by atoms with Gasteiger partial charge in [0, 0.05) is 6.54 Å². The fourth-order valence-corrected chi connectivity index (χ4v) is 2.50. The van der Waals surface area contributed by atoms with Gasteiger partial charge in [-0.25, -0.2) is 4.85 Å². The maximum Gasteiger partial charge on any atom is 0.491 e. The first kappa shape index (κ1) is 17.3. The average Bonchev–Trinajstić information content (AvgIpc) is 2.96. The van der Waals surface area contributed by atoms with E-state index in [0.717, 1.165) is 17.6 Å². The average molecular weight is 338 g/mol. The minimum atomic E-state index is -0.869. The maximum atomic E-state index is 9.69. The zero-order chi connectivity index (χ0) is 17.8. The number of hydrogen-bond acceptors (Lipinski definition) is 5. The van der Waals surface area contributed by atoms with Crippen molar-refractivity contribution in [3.8, 4) is 17.2 Å². The zero-order valence-corrected chi connectivity index (χ0v) is 14.2. The van der Waals surface area contributed by atoms with Crippen LogP contribution in [0.1, 0.15) is 5.56 Å². The lowest BCUT2D eigenvalue weighted by Gasteiger charge is -2.15. The molecule has 1 N–H and O–H groups in total. The smallest absolute Gasteiger partial charge is 0.490 e. The largest absolute Gasteiger partial charge is 0.491 e. The number of nitrogens with zero attached hydrogens (tertiary/aromatic N) is 2. The minimum absolute atomic E-state index is 0.358. The fraction of sp³-hybridized carbons (Fsp3) is 0.278. The molecule has 1 aliphatic rings. The van der Waals surface area contributed by atoms with E-state index in [1.54, 1.807) is 30.3 Å². The summed E-state index contributed by atoms with van der Waals surface area (Å²) < 4.78 is 16.9. The van der Waals surface area contributed by atoms with Crippen LogP contribution >= 0.6 is 0 Å². The first-order valence-electron chi connectivity index (χ1n) is 7.96. The molecule has 0 bridgehead atoms. The number of fused-ring (bicyclic) bond motifs is 1. The molecule has 0 aliphatic carbocycles. The van der Waals surface area contributed by atoms with E-state index >= 15 is 0 Å². The molecule has 0 unspecified atom stereocenters. The third-order valence-electron chi connectivity index (χ3n) is 3.86. The predicted octanol–water partition coefficient (Wildman–Crippen LogP) is 2.19. The number of ether oxygens (including phenoxy) is 2. The molecule has 3 rings (SSSR count). The normalized spacial score (nSPS) is 12.8. The Morgan fingerprint density at radius 2 is 2.08 bits per heavy atom. The van der Waals surface area contributed by atoms with Gasteiger partial charge in [0.1, 0.15) is 12.4 Å². The highest BCUT2D eigenvalue weighted by molar-refractivity contribution is 6.61. The summed E-state index contributed by atoms with van der Waals surface area (Å²) in [6.45, 7) is 8.78. The first-order chi connectivity index (χ1) is 12.1. The van der Waals surface area contributed by atoms with Crippen LogP contribution in [0.3, 0.4) is 0 Å². The second-order valence-corrected chi connectivity index (χ2v) is 6.02. The van der Waals surface area contributed by atoms with Crippen molar-refractivity contribution in [1.82, 2.24) is 4.90 Å². The lowest BCUT2D eigenvalue weighted by Crippen LogP contribution is -2.27. The molecule has 0 fully saturated rings. The molecule has 0 saturated carbocycles. The molecule has 25 heavy (non-hydrogen) atoms. The molecule has 2 aromatic carbocycles. The van der Waals surface area contributed by atoms with E-state index in [2.05, 4.69) is 4.85 Å².